The molecule has 0 aliphatic carbocycles. The van der Waals surface area contributed by atoms with Gasteiger partial charge in [0.25, 0.3) is 5.91 Å². The highest BCUT2D eigenvalue weighted by Crippen LogP contribution is 2.38. The summed E-state index contributed by atoms with van der Waals surface area (Å²) in [6, 6.07) is 9.14. The lowest BCUT2D eigenvalue weighted by atomic mass is 10.1. The zero-order valence-electron chi connectivity index (χ0n) is 16.3. The van der Waals surface area contributed by atoms with E-state index in [0.29, 0.717) is 21.5 Å². The highest BCUT2D eigenvalue weighted by molar-refractivity contribution is 9.10. The fraction of sp³-hybridized carbons (Fsp3) is 0.238. The number of methoxy groups -OCH3 is 1. The van der Waals surface area contributed by atoms with Gasteiger partial charge in [0.05, 0.1) is 23.2 Å². The molecule has 9 heteroatoms. The van der Waals surface area contributed by atoms with Crippen LogP contribution in [0, 0.1) is 11.3 Å². The molecule has 0 saturated heterocycles. The Bertz CT molecular complexity index is 1010. The minimum absolute atomic E-state index is 0.0737. The Labute approximate surface area is 180 Å². The zero-order valence-corrected chi connectivity index (χ0v) is 17.9. The molecule has 0 aromatic heterocycles. The van der Waals surface area contributed by atoms with Crippen LogP contribution in [0.5, 0.6) is 11.5 Å². The van der Waals surface area contributed by atoms with Crippen LogP contribution in [0.25, 0.3) is 6.08 Å². The summed E-state index contributed by atoms with van der Waals surface area (Å²) < 4.78 is 50.1. The van der Waals surface area contributed by atoms with Crippen LogP contribution < -0.4 is 14.8 Å². The van der Waals surface area contributed by atoms with E-state index in [2.05, 4.69) is 21.2 Å². The fourth-order valence-electron chi connectivity index (χ4n) is 2.46. The third-order valence-corrected chi connectivity index (χ3v) is 4.32. The Morgan fingerprint density at radius 3 is 2.53 bits per heavy atom. The summed E-state index contributed by atoms with van der Waals surface area (Å²) in [6.45, 7) is 3.71. The average Bonchev–Trinajstić information content (AvgIpc) is 2.67. The molecular formula is C21H18BrF3N2O3. The van der Waals surface area contributed by atoms with Gasteiger partial charge in [-0.15, -0.1) is 0 Å². The number of hydrogen-bond donors (Lipinski definition) is 1. The Balaban J connectivity index is 2.32. The summed E-state index contributed by atoms with van der Waals surface area (Å²) in [5.41, 5.74) is -0.808. The van der Waals surface area contributed by atoms with Crippen molar-refractivity contribution in [2.75, 3.05) is 12.4 Å². The number of carbonyl (C=O) groups is 1. The zero-order chi connectivity index (χ0) is 22.5. The topological polar surface area (TPSA) is 71.3 Å². The number of nitrogens with one attached hydrogen (secondary N) is 1. The number of benzene rings is 2. The van der Waals surface area contributed by atoms with Crippen LogP contribution in [0.4, 0.5) is 18.9 Å². The van der Waals surface area contributed by atoms with Gasteiger partial charge in [0, 0.05) is 5.69 Å². The normalized spacial score (nSPS) is 11.8. The Morgan fingerprint density at radius 1 is 1.27 bits per heavy atom. The van der Waals surface area contributed by atoms with E-state index in [1.807, 2.05) is 13.8 Å². The van der Waals surface area contributed by atoms with E-state index >= 15 is 0 Å². The number of halogens is 4. The van der Waals surface area contributed by atoms with Crippen molar-refractivity contribution in [2.45, 2.75) is 26.1 Å². The maximum atomic E-state index is 12.8. The van der Waals surface area contributed by atoms with E-state index in [1.54, 1.807) is 18.2 Å². The van der Waals surface area contributed by atoms with Gasteiger partial charge in [-0.3, -0.25) is 4.79 Å². The third kappa shape index (κ3) is 6.00. The molecule has 0 saturated carbocycles. The lowest BCUT2D eigenvalue weighted by Gasteiger charge is -2.16. The molecule has 158 valence electrons. The van der Waals surface area contributed by atoms with Crippen molar-refractivity contribution in [1.82, 2.24) is 0 Å². The smallest absolute Gasteiger partial charge is 0.416 e. The number of carbonyl (C=O) groups excluding carboxylic acids is 1. The number of hydrogen-bond acceptors (Lipinski definition) is 4. The number of nitrogens with zero attached hydrogens (tertiary/aromatic N) is 1. The highest BCUT2D eigenvalue weighted by Gasteiger charge is 2.30. The van der Waals surface area contributed by atoms with Gasteiger partial charge in [-0.25, -0.2) is 0 Å². The molecule has 0 aliphatic heterocycles. The van der Waals surface area contributed by atoms with Gasteiger partial charge in [0.1, 0.15) is 11.6 Å². The van der Waals surface area contributed by atoms with Crippen LogP contribution in [0.1, 0.15) is 25.0 Å². The van der Waals surface area contributed by atoms with Crippen molar-refractivity contribution in [1.29, 1.82) is 5.26 Å². The number of alkyl halides is 3. The SMILES string of the molecule is COc1cc(/C=C(\C#N)C(=O)Nc2cccc(C(F)(F)F)c2)cc(Br)c1OC(C)C. The van der Waals surface area contributed by atoms with E-state index in [0.717, 1.165) is 12.1 Å². The van der Waals surface area contributed by atoms with E-state index in [4.69, 9.17) is 9.47 Å². The van der Waals surface area contributed by atoms with Crippen LogP contribution in [-0.2, 0) is 11.0 Å². The molecule has 2 aromatic carbocycles. The number of nitriles is 1. The van der Waals surface area contributed by atoms with Crippen molar-refractivity contribution < 1.29 is 27.4 Å². The largest absolute Gasteiger partial charge is 0.493 e. The fourth-order valence-corrected chi connectivity index (χ4v) is 3.01. The minimum atomic E-state index is -4.54. The molecule has 30 heavy (non-hydrogen) atoms. The van der Waals surface area contributed by atoms with Crippen molar-refractivity contribution in [2.24, 2.45) is 0 Å². The van der Waals surface area contributed by atoms with Gasteiger partial charge < -0.3 is 14.8 Å². The van der Waals surface area contributed by atoms with E-state index in [-0.39, 0.29) is 17.4 Å². The number of anilines is 1. The minimum Gasteiger partial charge on any atom is -0.493 e. The molecule has 0 fully saturated rings. The molecule has 5 nitrogen and oxygen atoms in total. The molecule has 0 heterocycles. The number of amides is 1. The average molecular weight is 483 g/mol. The first-order chi connectivity index (χ1) is 14.0. The molecule has 0 spiro atoms. The Morgan fingerprint density at radius 2 is 1.97 bits per heavy atom. The lowest BCUT2D eigenvalue weighted by molar-refractivity contribution is -0.137. The van der Waals surface area contributed by atoms with Crippen molar-refractivity contribution in [3.63, 3.8) is 0 Å². The standard InChI is InChI=1S/C21H18BrF3N2O3/c1-12(2)30-19-17(22)8-13(9-18(19)29-3)7-14(11-26)20(28)27-16-6-4-5-15(10-16)21(23,24)25/h4-10,12H,1-3H3,(H,27,28)/b14-7+. The maximum Gasteiger partial charge on any atom is 0.416 e. The van der Waals surface area contributed by atoms with Gasteiger partial charge in [0.2, 0.25) is 0 Å². The molecule has 0 atom stereocenters. The lowest BCUT2D eigenvalue weighted by Crippen LogP contribution is -2.14. The van der Waals surface area contributed by atoms with Crippen LogP contribution in [0.3, 0.4) is 0 Å². The van der Waals surface area contributed by atoms with E-state index in [1.165, 1.54) is 25.3 Å². The molecule has 0 radical (unpaired) electrons. The third-order valence-electron chi connectivity index (χ3n) is 3.73. The van der Waals surface area contributed by atoms with Crippen LogP contribution in [-0.4, -0.2) is 19.1 Å². The van der Waals surface area contributed by atoms with Gasteiger partial charge >= 0.3 is 6.18 Å². The second-order valence-electron chi connectivity index (χ2n) is 6.40. The molecule has 1 amide bonds. The molecular weight excluding hydrogens is 465 g/mol. The maximum absolute atomic E-state index is 12.8. The Hall–Kier alpha value is -2.99. The quantitative estimate of drug-likeness (QED) is 0.416. The summed E-state index contributed by atoms with van der Waals surface area (Å²) in [7, 11) is 1.45. The summed E-state index contributed by atoms with van der Waals surface area (Å²) in [5, 5.41) is 11.7. The molecule has 2 rings (SSSR count). The van der Waals surface area contributed by atoms with Gasteiger partial charge in [-0.05, 0) is 71.7 Å². The van der Waals surface area contributed by atoms with Crippen molar-refractivity contribution >= 4 is 33.6 Å². The summed E-state index contributed by atoms with van der Waals surface area (Å²) in [5.74, 6) is 0.0193. The van der Waals surface area contributed by atoms with Gasteiger partial charge in [0.15, 0.2) is 11.5 Å². The van der Waals surface area contributed by atoms with E-state index in [9.17, 15) is 23.2 Å². The van der Waals surface area contributed by atoms with Crippen LogP contribution in [0.2, 0.25) is 0 Å². The predicted molar refractivity (Wildman–Crippen MR) is 110 cm³/mol. The summed E-state index contributed by atoms with van der Waals surface area (Å²) in [4.78, 5) is 12.4. The number of ether oxygens (including phenoxy) is 2. The molecule has 1 N–H and O–H groups in total. The van der Waals surface area contributed by atoms with Crippen molar-refractivity contribution in [3.05, 3.63) is 57.6 Å². The second-order valence-corrected chi connectivity index (χ2v) is 7.26. The first-order valence-corrected chi connectivity index (χ1v) is 9.49. The molecule has 0 unspecified atom stereocenters. The first-order valence-electron chi connectivity index (χ1n) is 8.69. The monoisotopic (exact) mass is 482 g/mol. The Kier molecular flexibility index (Phi) is 7.51. The molecule has 2 aromatic rings. The summed E-state index contributed by atoms with van der Waals surface area (Å²) >= 11 is 3.37. The van der Waals surface area contributed by atoms with Crippen molar-refractivity contribution in [3.8, 4) is 17.6 Å². The van der Waals surface area contributed by atoms with Crippen LogP contribution in [0.15, 0.2) is 46.4 Å². The van der Waals surface area contributed by atoms with E-state index < -0.39 is 17.6 Å². The first kappa shape index (κ1) is 23.3. The second kappa shape index (κ2) is 9.67. The number of rotatable bonds is 6. The van der Waals surface area contributed by atoms with Gasteiger partial charge in [-0.1, -0.05) is 6.07 Å². The van der Waals surface area contributed by atoms with Gasteiger partial charge in [-0.2, -0.15) is 18.4 Å². The molecule has 0 bridgehead atoms. The highest BCUT2D eigenvalue weighted by atomic mass is 79.9. The molecule has 0 aliphatic rings. The predicted octanol–water partition coefficient (Wildman–Crippen LogP) is 5.81. The summed E-state index contributed by atoms with van der Waals surface area (Å²) in [6.07, 6.45) is -3.35. The van der Waals surface area contributed by atoms with Crippen LogP contribution >= 0.6 is 15.9 Å².